The first-order valence-corrected chi connectivity index (χ1v) is 12.2. The highest BCUT2D eigenvalue weighted by Crippen LogP contribution is 2.25. The van der Waals surface area contributed by atoms with Gasteiger partial charge in [0.2, 0.25) is 17.7 Å². The van der Waals surface area contributed by atoms with E-state index in [0.29, 0.717) is 12.2 Å². The maximum atomic E-state index is 13.4. The molecular formula is C26H37N5O3. The summed E-state index contributed by atoms with van der Waals surface area (Å²) in [5.41, 5.74) is 0.276. The summed E-state index contributed by atoms with van der Waals surface area (Å²) >= 11 is 0. The lowest BCUT2D eigenvalue weighted by molar-refractivity contribution is -0.132. The number of nitrogens with zero attached hydrogens (tertiary/aromatic N) is 3. The van der Waals surface area contributed by atoms with Crippen LogP contribution in [0.15, 0.2) is 42.9 Å². The van der Waals surface area contributed by atoms with Gasteiger partial charge in [-0.05, 0) is 24.8 Å². The first kappa shape index (κ1) is 25.5. The lowest BCUT2D eigenvalue weighted by Crippen LogP contribution is -2.47. The molecule has 0 spiro atoms. The number of carbonyl (C=O) groups is 3. The van der Waals surface area contributed by atoms with Crippen molar-refractivity contribution < 1.29 is 14.4 Å². The molecular weight excluding hydrogens is 430 g/mol. The number of rotatable bonds is 9. The van der Waals surface area contributed by atoms with Gasteiger partial charge in [0.05, 0.1) is 6.33 Å². The predicted molar refractivity (Wildman–Crippen MR) is 132 cm³/mol. The minimum absolute atomic E-state index is 0.0252. The summed E-state index contributed by atoms with van der Waals surface area (Å²) in [7, 11) is 0. The molecule has 0 aliphatic carbocycles. The Balaban J connectivity index is 1.78. The van der Waals surface area contributed by atoms with Crippen molar-refractivity contribution in [3.8, 4) is 0 Å². The number of benzene rings is 1. The quantitative estimate of drug-likeness (QED) is 0.587. The zero-order chi connectivity index (χ0) is 24.7. The summed E-state index contributed by atoms with van der Waals surface area (Å²) in [6.45, 7) is 9.02. The molecule has 0 radical (unpaired) electrons. The van der Waals surface area contributed by atoms with Gasteiger partial charge in [0.15, 0.2) is 5.82 Å². The summed E-state index contributed by atoms with van der Waals surface area (Å²) in [4.78, 5) is 45.1. The lowest BCUT2D eigenvalue weighted by Gasteiger charge is -2.24. The van der Waals surface area contributed by atoms with Gasteiger partial charge >= 0.3 is 0 Å². The number of nitrogens with one attached hydrogen (secondary N) is 2. The van der Waals surface area contributed by atoms with Gasteiger partial charge in [-0.2, -0.15) is 0 Å². The van der Waals surface area contributed by atoms with Crippen LogP contribution in [-0.4, -0.2) is 51.3 Å². The second-order valence-corrected chi connectivity index (χ2v) is 9.96. The third-order valence-corrected chi connectivity index (χ3v) is 6.07. The third kappa shape index (κ3) is 6.46. The van der Waals surface area contributed by atoms with Gasteiger partial charge in [-0.1, -0.05) is 70.9 Å². The monoisotopic (exact) mass is 467 g/mol. The Morgan fingerprint density at radius 3 is 2.38 bits per heavy atom. The molecule has 1 aliphatic heterocycles. The van der Waals surface area contributed by atoms with E-state index >= 15 is 0 Å². The van der Waals surface area contributed by atoms with Gasteiger partial charge in [-0.15, -0.1) is 0 Å². The Morgan fingerprint density at radius 2 is 1.76 bits per heavy atom. The average Bonchev–Trinajstić information content (AvgIpc) is 3.49. The number of amides is 3. The average molecular weight is 468 g/mol. The molecule has 8 nitrogen and oxygen atoms in total. The molecule has 3 amide bonds. The fraction of sp³-hybridized carbons (Fsp3) is 0.538. The molecule has 2 N–H and O–H groups in total. The second-order valence-electron chi connectivity index (χ2n) is 9.96. The number of unbranched alkanes of at least 4 members (excludes halogenated alkanes) is 1. The van der Waals surface area contributed by atoms with Crippen LogP contribution >= 0.6 is 0 Å². The summed E-state index contributed by atoms with van der Waals surface area (Å²) < 4.78 is 1.75. The number of hydrogen-bond donors (Lipinski definition) is 2. The van der Waals surface area contributed by atoms with Crippen LogP contribution in [0.3, 0.4) is 0 Å². The summed E-state index contributed by atoms with van der Waals surface area (Å²) in [5, 5.41) is 5.71. The Morgan fingerprint density at radius 1 is 1.09 bits per heavy atom. The third-order valence-electron chi connectivity index (χ3n) is 6.07. The zero-order valence-electron chi connectivity index (χ0n) is 20.7. The Labute approximate surface area is 202 Å². The molecule has 1 saturated heterocycles. The molecule has 1 fully saturated rings. The van der Waals surface area contributed by atoms with Crippen LogP contribution in [-0.2, 0) is 14.4 Å². The SMILES string of the molecule is CCCCC(NC(=O)C(C)(C)C)C(=O)Nc1cn(C(C(=O)N2CCCC2)c2ccccc2)cn1. The largest absolute Gasteiger partial charge is 0.344 e. The van der Waals surface area contributed by atoms with Crippen LogP contribution in [0.1, 0.15) is 71.4 Å². The molecule has 2 atom stereocenters. The Bertz CT molecular complexity index is 974. The van der Waals surface area contributed by atoms with E-state index in [1.54, 1.807) is 17.1 Å². The van der Waals surface area contributed by atoms with Crippen molar-refractivity contribution in [2.45, 2.75) is 71.9 Å². The van der Waals surface area contributed by atoms with E-state index in [1.165, 1.54) is 0 Å². The van der Waals surface area contributed by atoms with E-state index in [2.05, 4.69) is 15.6 Å². The van der Waals surface area contributed by atoms with Crippen molar-refractivity contribution in [3.63, 3.8) is 0 Å². The van der Waals surface area contributed by atoms with Gasteiger partial charge in [0, 0.05) is 24.7 Å². The highest BCUT2D eigenvalue weighted by atomic mass is 16.2. The van der Waals surface area contributed by atoms with Gasteiger partial charge in [0.1, 0.15) is 12.1 Å². The van der Waals surface area contributed by atoms with Gasteiger partial charge < -0.3 is 20.1 Å². The van der Waals surface area contributed by atoms with Crippen LogP contribution in [0, 0.1) is 5.41 Å². The smallest absolute Gasteiger partial charge is 0.250 e. The second kappa shape index (κ2) is 11.3. The molecule has 3 rings (SSSR count). The standard InChI is InChI=1S/C26H37N5O3/c1-5-6-14-20(28-25(34)26(2,3)4)23(32)29-21-17-31(18-27-21)22(19-12-8-7-9-13-19)24(33)30-15-10-11-16-30/h7-9,12-13,17-18,20,22H,5-6,10-11,14-16H2,1-4H3,(H,28,34)(H,29,32). The van der Waals surface area contributed by atoms with Crippen LogP contribution < -0.4 is 10.6 Å². The van der Waals surface area contributed by atoms with Crippen LogP contribution in [0.5, 0.6) is 0 Å². The van der Waals surface area contributed by atoms with Crippen molar-refractivity contribution in [1.29, 1.82) is 0 Å². The molecule has 2 unspecified atom stereocenters. The first-order valence-electron chi connectivity index (χ1n) is 12.2. The number of hydrogen-bond acceptors (Lipinski definition) is 4. The normalized spacial score (nSPS) is 15.6. The Kier molecular flexibility index (Phi) is 8.47. The number of carbonyl (C=O) groups excluding carboxylic acids is 3. The topological polar surface area (TPSA) is 96.3 Å². The first-order chi connectivity index (χ1) is 16.2. The highest BCUT2D eigenvalue weighted by Gasteiger charge is 2.30. The van der Waals surface area contributed by atoms with Crippen molar-refractivity contribution >= 4 is 23.5 Å². The predicted octanol–water partition coefficient (Wildman–Crippen LogP) is 3.75. The van der Waals surface area contributed by atoms with E-state index in [4.69, 9.17) is 0 Å². The fourth-order valence-electron chi connectivity index (χ4n) is 4.00. The van der Waals surface area contributed by atoms with E-state index in [9.17, 15) is 14.4 Å². The summed E-state index contributed by atoms with van der Waals surface area (Å²) in [6, 6.07) is 8.41. The molecule has 2 heterocycles. The van der Waals surface area contributed by atoms with E-state index < -0.39 is 17.5 Å². The van der Waals surface area contributed by atoms with Gasteiger partial charge in [-0.3, -0.25) is 14.4 Å². The molecule has 1 aromatic heterocycles. The van der Waals surface area contributed by atoms with Crippen LogP contribution in [0.4, 0.5) is 5.82 Å². The summed E-state index contributed by atoms with van der Waals surface area (Å²) in [5.74, 6) is -0.100. The molecule has 34 heavy (non-hydrogen) atoms. The van der Waals surface area contributed by atoms with Crippen molar-refractivity contribution in [3.05, 3.63) is 48.4 Å². The van der Waals surface area contributed by atoms with Crippen molar-refractivity contribution in [2.24, 2.45) is 5.41 Å². The Hall–Kier alpha value is -3.16. The molecule has 0 saturated carbocycles. The molecule has 1 aromatic carbocycles. The maximum absolute atomic E-state index is 13.4. The molecule has 0 bridgehead atoms. The molecule has 8 heteroatoms. The zero-order valence-corrected chi connectivity index (χ0v) is 20.7. The van der Waals surface area contributed by atoms with Crippen LogP contribution in [0.2, 0.25) is 0 Å². The van der Waals surface area contributed by atoms with Crippen molar-refractivity contribution in [1.82, 2.24) is 19.8 Å². The molecule has 184 valence electrons. The number of anilines is 1. The fourth-order valence-corrected chi connectivity index (χ4v) is 4.00. The van der Waals surface area contributed by atoms with Crippen LogP contribution in [0.25, 0.3) is 0 Å². The number of aromatic nitrogens is 2. The lowest BCUT2D eigenvalue weighted by atomic mass is 9.94. The van der Waals surface area contributed by atoms with Gasteiger partial charge in [0.25, 0.3) is 0 Å². The van der Waals surface area contributed by atoms with E-state index in [1.807, 2.05) is 62.9 Å². The number of likely N-dealkylation sites (tertiary alicyclic amines) is 1. The van der Waals surface area contributed by atoms with Crippen molar-refractivity contribution in [2.75, 3.05) is 18.4 Å². The molecule has 2 aromatic rings. The van der Waals surface area contributed by atoms with Gasteiger partial charge in [-0.25, -0.2) is 4.98 Å². The summed E-state index contributed by atoms with van der Waals surface area (Å²) in [6.07, 6.45) is 7.57. The minimum atomic E-state index is -0.645. The van der Waals surface area contributed by atoms with E-state index in [-0.39, 0.29) is 17.7 Å². The molecule has 1 aliphatic rings. The maximum Gasteiger partial charge on any atom is 0.250 e. The van der Waals surface area contributed by atoms with E-state index in [0.717, 1.165) is 44.3 Å². The number of imidazole rings is 1. The highest BCUT2D eigenvalue weighted by molar-refractivity contribution is 5.97. The minimum Gasteiger partial charge on any atom is -0.344 e.